The average molecular weight is 217 g/mol. The molecule has 1 amide bonds. The maximum atomic E-state index is 11.7. The molecular weight excluding hydrogens is 198 g/mol. The van der Waals surface area contributed by atoms with Crippen molar-refractivity contribution in [1.82, 2.24) is 4.90 Å². The van der Waals surface area contributed by atoms with Gasteiger partial charge in [0.2, 0.25) is 0 Å². The largest absolute Gasteiger partial charge is 0.481 e. The van der Waals surface area contributed by atoms with Crippen LogP contribution in [0.25, 0.3) is 0 Å². The van der Waals surface area contributed by atoms with Gasteiger partial charge in [-0.05, 0) is 6.42 Å². The third kappa shape index (κ3) is 4.29. The zero-order valence-corrected chi connectivity index (χ0v) is 9.69. The van der Waals surface area contributed by atoms with Crippen LogP contribution < -0.4 is 0 Å². The highest BCUT2D eigenvalue weighted by molar-refractivity contribution is 5.81. The van der Waals surface area contributed by atoms with E-state index in [1.54, 1.807) is 14.0 Å². The zero-order chi connectivity index (χ0) is 12.0. The minimum atomic E-state index is -0.903. The number of ether oxygens (including phenoxy) is 1. The number of hydrogen-bond donors (Lipinski definition) is 1. The van der Waals surface area contributed by atoms with Crippen molar-refractivity contribution in [2.75, 3.05) is 20.7 Å². The van der Waals surface area contributed by atoms with Crippen LogP contribution in [-0.4, -0.2) is 48.7 Å². The zero-order valence-electron chi connectivity index (χ0n) is 9.69. The molecule has 0 aromatic carbocycles. The standard InChI is InChI=1S/C10H19NO4/c1-5-8(15-4)9(12)11(3)6-7(2)10(13)14/h7-8H,5-6H2,1-4H3,(H,13,14). The van der Waals surface area contributed by atoms with Gasteiger partial charge >= 0.3 is 5.97 Å². The minimum Gasteiger partial charge on any atom is -0.481 e. The first kappa shape index (κ1) is 13.9. The van der Waals surface area contributed by atoms with Gasteiger partial charge in [-0.2, -0.15) is 0 Å². The fraction of sp³-hybridized carbons (Fsp3) is 0.800. The van der Waals surface area contributed by atoms with Crippen LogP contribution in [0.3, 0.4) is 0 Å². The Bertz CT molecular complexity index is 225. The molecule has 0 bridgehead atoms. The number of likely N-dealkylation sites (N-methyl/N-ethyl adjacent to an activating group) is 1. The van der Waals surface area contributed by atoms with Crippen molar-refractivity contribution in [2.45, 2.75) is 26.4 Å². The number of nitrogens with zero attached hydrogens (tertiary/aromatic N) is 1. The van der Waals surface area contributed by atoms with Crippen molar-refractivity contribution in [3.63, 3.8) is 0 Å². The number of carboxylic acid groups (broad SMARTS) is 1. The number of hydrogen-bond acceptors (Lipinski definition) is 3. The van der Waals surface area contributed by atoms with E-state index in [2.05, 4.69) is 0 Å². The van der Waals surface area contributed by atoms with Crippen LogP contribution in [0.4, 0.5) is 0 Å². The van der Waals surface area contributed by atoms with Gasteiger partial charge in [-0.25, -0.2) is 0 Å². The van der Waals surface area contributed by atoms with Crippen molar-refractivity contribution in [3.8, 4) is 0 Å². The van der Waals surface area contributed by atoms with E-state index < -0.39 is 18.0 Å². The maximum absolute atomic E-state index is 11.7. The number of amides is 1. The molecule has 0 aromatic rings. The lowest BCUT2D eigenvalue weighted by atomic mass is 10.1. The van der Waals surface area contributed by atoms with Crippen molar-refractivity contribution in [3.05, 3.63) is 0 Å². The van der Waals surface area contributed by atoms with Crippen molar-refractivity contribution >= 4 is 11.9 Å². The summed E-state index contributed by atoms with van der Waals surface area (Å²) in [6, 6.07) is 0. The Labute approximate surface area is 90.0 Å². The maximum Gasteiger partial charge on any atom is 0.308 e. The molecule has 2 atom stereocenters. The number of aliphatic carboxylic acids is 1. The molecule has 0 rings (SSSR count). The summed E-state index contributed by atoms with van der Waals surface area (Å²) in [5.74, 6) is -1.64. The molecule has 0 aliphatic rings. The van der Waals surface area contributed by atoms with Crippen LogP contribution in [0, 0.1) is 5.92 Å². The normalized spacial score (nSPS) is 14.4. The second-order valence-corrected chi connectivity index (χ2v) is 3.59. The molecule has 0 aromatic heterocycles. The monoisotopic (exact) mass is 217 g/mol. The van der Waals surface area contributed by atoms with Crippen molar-refractivity contribution < 1.29 is 19.4 Å². The highest BCUT2D eigenvalue weighted by Gasteiger charge is 2.22. The van der Waals surface area contributed by atoms with Crippen LogP contribution in [0.2, 0.25) is 0 Å². The molecule has 0 radical (unpaired) electrons. The number of rotatable bonds is 6. The van der Waals surface area contributed by atoms with Crippen LogP contribution in [0.15, 0.2) is 0 Å². The fourth-order valence-corrected chi connectivity index (χ4v) is 1.27. The Morgan fingerprint density at radius 3 is 2.33 bits per heavy atom. The van der Waals surface area contributed by atoms with E-state index in [-0.39, 0.29) is 12.5 Å². The summed E-state index contributed by atoms with van der Waals surface area (Å²) in [6.45, 7) is 3.62. The van der Waals surface area contributed by atoms with E-state index in [0.717, 1.165) is 0 Å². The molecule has 0 aliphatic carbocycles. The van der Waals surface area contributed by atoms with Gasteiger partial charge in [0.05, 0.1) is 5.92 Å². The van der Waals surface area contributed by atoms with Gasteiger partial charge in [-0.15, -0.1) is 0 Å². The SMILES string of the molecule is CCC(OC)C(=O)N(C)CC(C)C(=O)O. The summed E-state index contributed by atoms with van der Waals surface area (Å²) >= 11 is 0. The highest BCUT2D eigenvalue weighted by Crippen LogP contribution is 2.04. The van der Waals surface area contributed by atoms with Gasteiger partial charge < -0.3 is 14.7 Å². The number of carbonyl (C=O) groups excluding carboxylic acids is 1. The van der Waals surface area contributed by atoms with E-state index >= 15 is 0 Å². The highest BCUT2D eigenvalue weighted by atomic mass is 16.5. The van der Waals surface area contributed by atoms with E-state index in [9.17, 15) is 9.59 Å². The molecule has 0 saturated carbocycles. The molecule has 5 heteroatoms. The first-order valence-electron chi connectivity index (χ1n) is 4.94. The molecule has 0 saturated heterocycles. The third-order valence-electron chi connectivity index (χ3n) is 2.28. The van der Waals surface area contributed by atoms with Gasteiger partial charge in [-0.1, -0.05) is 13.8 Å². The van der Waals surface area contributed by atoms with Crippen molar-refractivity contribution in [1.29, 1.82) is 0 Å². The Kier molecular flexibility index (Phi) is 5.93. The molecule has 2 unspecified atom stereocenters. The first-order valence-corrected chi connectivity index (χ1v) is 4.94. The molecule has 0 spiro atoms. The number of carboxylic acids is 1. The number of methoxy groups -OCH3 is 1. The van der Waals surface area contributed by atoms with Gasteiger partial charge in [0.15, 0.2) is 0 Å². The molecule has 1 N–H and O–H groups in total. The lowest BCUT2D eigenvalue weighted by Crippen LogP contribution is -2.40. The lowest BCUT2D eigenvalue weighted by molar-refractivity contribution is -0.145. The second-order valence-electron chi connectivity index (χ2n) is 3.59. The number of carbonyl (C=O) groups is 2. The quantitative estimate of drug-likeness (QED) is 0.707. The van der Waals surface area contributed by atoms with Crippen LogP contribution in [0.5, 0.6) is 0 Å². The average Bonchev–Trinajstić information content (AvgIpc) is 2.19. The summed E-state index contributed by atoms with van der Waals surface area (Å²) < 4.78 is 4.99. The molecule has 15 heavy (non-hydrogen) atoms. The third-order valence-corrected chi connectivity index (χ3v) is 2.28. The second kappa shape index (κ2) is 6.40. The molecular formula is C10H19NO4. The fourth-order valence-electron chi connectivity index (χ4n) is 1.27. The van der Waals surface area contributed by atoms with E-state index in [1.807, 2.05) is 6.92 Å². The van der Waals surface area contributed by atoms with E-state index in [4.69, 9.17) is 9.84 Å². The van der Waals surface area contributed by atoms with Crippen LogP contribution in [0.1, 0.15) is 20.3 Å². The molecule has 5 nitrogen and oxygen atoms in total. The molecule has 0 fully saturated rings. The van der Waals surface area contributed by atoms with Crippen molar-refractivity contribution in [2.24, 2.45) is 5.92 Å². The predicted octanol–water partition coefficient (Wildman–Crippen LogP) is 0.591. The first-order chi connectivity index (χ1) is 6.93. The Hall–Kier alpha value is -1.10. The summed E-state index contributed by atoms with van der Waals surface area (Å²) in [4.78, 5) is 23.7. The topological polar surface area (TPSA) is 66.8 Å². The minimum absolute atomic E-state index is 0.173. The Morgan fingerprint density at radius 2 is 2.00 bits per heavy atom. The summed E-state index contributed by atoms with van der Waals surface area (Å²) in [5, 5.41) is 8.70. The Morgan fingerprint density at radius 1 is 1.47 bits per heavy atom. The van der Waals surface area contributed by atoms with Gasteiger partial charge in [0, 0.05) is 20.7 Å². The van der Waals surface area contributed by atoms with Gasteiger partial charge in [-0.3, -0.25) is 9.59 Å². The molecule has 88 valence electrons. The Balaban J connectivity index is 4.26. The van der Waals surface area contributed by atoms with E-state index in [0.29, 0.717) is 6.42 Å². The smallest absolute Gasteiger partial charge is 0.308 e. The molecule has 0 aliphatic heterocycles. The summed E-state index contributed by atoms with van der Waals surface area (Å²) in [7, 11) is 3.06. The summed E-state index contributed by atoms with van der Waals surface area (Å²) in [5.41, 5.74) is 0. The van der Waals surface area contributed by atoms with Gasteiger partial charge in [0.25, 0.3) is 5.91 Å². The predicted molar refractivity (Wildman–Crippen MR) is 55.5 cm³/mol. The summed E-state index contributed by atoms with van der Waals surface area (Å²) in [6.07, 6.45) is 0.109. The van der Waals surface area contributed by atoms with Gasteiger partial charge in [0.1, 0.15) is 6.10 Å². The van der Waals surface area contributed by atoms with Crippen LogP contribution >= 0.6 is 0 Å². The van der Waals surface area contributed by atoms with E-state index in [1.165, 1.54) is 12.0 Å². The lowest BCUT2D eigenvalue weighted by Gasteiger charge is -2.23. The van der Waals surface area contributed by atoms with Crippen LogP contribution in [-0.2, 0) is 14.3 Å². The molecule has 0 heterocycles.